The Morgan fingerprint density at radius 3 is 2.58 bits per heavy atom. The van der Waals surface area contributed by atoms with Crippen LogP contribution in [0.2, 0.25) is 0 Å². The van der Waals surface area contributed by atoms with Gasteiger partial charge in [0.2, 0.25) is 5.91 Å². The van der Waals surface area contributed by atoms with Gasteiger partial charge in [0.15, 0.2) is 5.78 Å². The van der Waals surface area contributed by atoms with Crippen molar-refractivity contribution in [2.24, 2.45) is 11.5 Å². The van der Waals surface area contributed by atoms with E-state index >= 15 is 0 Å². The lowest BCUT2D eigenvalue weighted by Crippen LogP contribution is -2.60. The fraction of sp³-hybridized carbons (Fsp3) is 0.355. The number of para-hydroxylation sites is 1. The number of ether oxygens (including phenoxy) is 1. The summed E-state index contributed by atoms with van der Waals surface area (Å²) in [7, 11) is 2.08. The molecule has 0 spiro atoms. The van der Waals surface area contributed by atoms with Gasteiger partial charge in [-0.3, -0.25) is 9.59 Å². The minimum Gasteiger partial charge on any atom is -0.457 e. The molecule has 5 atom stereocenters. The number of Topliss-reactive ketones (excluding diaryl/α,β-unsaturated/α-hetero) is 1. The van der Waals surface area contributed by atoms with Gasteiger partial charge < -0.3 is 32.2 Å². The van der Waals surface area contributed by atoms with E-state index in [1.807, 2.05) is 61.5 Å². The van der Waals surface area contributed by atoms with Crippen LogP contribution in [0.1, 0.15) is 41.0 Å². The predicted molar refractivity (Wildman–Crippen MR) is 158 cm³/mol. The minimum absolute atomic E-state index is 0.122. The molecule has 1 saturated heterocycles. The number of carbonyl (C=O) groups is 2. The third-order valence-corrected chi connectivity index (χ3v) is 10.1. The summed E-state index contributed by atoms with van der Waals surface area (Å²) in [6.45, 7) is 3.51. The number of nitrogens with one attached hydrogen (secondary N) is 1. The molecule has 3 aliphatic rings. The van der Waals surface area contributed by atoms with Gasteiger partial charge in [-0.15, -0.1) is 11.8 Å². The van der Waals surface area contributed by atoms with Gasteiger partial charge in [0.1, 0.15) is 17.0 Å². The molecule has 3 aromatic carbocycles. The lowest BCUT2D eigenvalue weighted by molar-refractivity contribution is -0.126. The van der Waals surface area contributed by atoms with E-state index in [1.165, 1.54) is 11.8 Å². The average Bonchev–Trinajstić information content (AvgIpc) is 3.55. The van der Waals surface area contributed by atoms with Gasteiger partial charge in [-0.1, -0.05) is 30.3 Å². The number of hydrogen-bond acceptors (Lipinski definition) is 8. The summed E-state index contributed by atoms with van der Waals surface area (Å²) >= 11 is 1.39. The smallest absolute Gasteiger partial charge is 0.234 e. The van der Waals surface area contributed by atoms with E-state index in [0.29, 0.717) is 40.9 Å². The summed E-state index contributed by atoms with van der Waals surface area (Å²) in [5.41, 5.74) is 22.2. The number of aryl methyl sites for hydroxylation is 1. The van der Waals surface area contributed by atoms with Crippen LogP contribution in [-0.4, -0.2) is 54.1 Å². The summed E-state index contributed by atoms with van der Waals surface area (Å²) in [4.78, 5) is 30.7. The summed E-state index contributed by atoms with van der Waals surface area (Å²) in [6, 6.07) is 18.0. The van der Waals surface area contributed by atoms with Crippen molar-refractivity contribution in [1.82, 2.24) is 10.2 Å². The molecule has 7 N–H and O–H groups in total. The first-order valence-corrected chi connectivity index (χ1v) is 14.6. The summed E-state index contributed by atoms with van der Waals surface area (Å²) in [5, 5.41) is 2.57. The van der Waals surface area contributed by atoms with E-state index in [1.54, 1.807) is 6.07 Å². The number of nitrogens with zero attached hydrogens (tertiary/aromatic N) is 1. The zero-order valence-corrected chi connectivity index (χ0v) is 23.5. The molecule has 0 radical (unpaired) electrons. The third kappa shape index (κ3) is 4.28. The molecule has 8 nitrogen and oxygen atoms in total. The Morgan fingerprint density at radius 2 is 1.88 bits per heavy atom. The molecule has 0 aromatic heterocycles. The van der Waals surface area contributed by atoms with Crippen molar-refractivity contribution in [2.75, 3.05) is 25.9 Å². The second-order valence-electron chi connectivity index (χ2n) is 11.1. The fourth-order valence-corrected chi connectivity index (χ4v) is 7.99. The lowest BCUT2D eigenvalue weighted by Gasteiger charge is -2.42. The van der Waals surface area contributed by atoms with Crippen LogP contribution in [0.4, 0.5) is 5.69 Å². The molecule has 9 heteroatoms. The molecule has 5 unspecified atom stereocenters. The summed E-state index contributed by atoms with van der Waals surface area (Å²) in [5.74, 6) is 0.418. The number of benzene rings is 3. The maximum absolute atomic E-state index is 14.1. The van der Waals surface area contributed by atoms with Crippen molar-refractivity contribution < 1.29 is 14.3 Å². The van der Waals surface area contributed by atoms with Gasteiger partial charge in [-0.05, 0) is 85.9 Å². The van der Waals surface area contributed by atoms with E-state index in [2.05, 4.69) is 17.3 Å². The van der Waals surface area contributed by atoms with E-state index in [-0.39, 0.29) is 11.7 Å². The first-order chi connectivity index (χ1) is 19.2. The Labute approximate surface area is 238 Å². The molecule has 40 heavy (non-hydrogen) atoms. The number of amides is 1. The molecule has 0 saturated carbocycles. The van der Waals surface area contributed by atoms with E-state index < -0.39 is 22.7 Å². The Kier molecular flexibility index (Phi) is 6.86. The number of thioether (sulfide) groups is 1. The van der Waals surface area contributed by atoms with Gasteiger partial charge in [0.25, 0.3) is 0 Å². The molecule has 1 aliphatic carbocycles. The van der Waals surface area contributed by atoms with E-state index in [4.69, 9.17) is 21.9 Å². The SMILES string of the molecule is Cc1cc(Oc2ccccc2)ccc1C1(N)C(=O)C(N)C2c3c1ccc(N)c3SC2C(=O)NCC1CCCN1C. The minimum atomic E-state index is -1.48. The van der Waals surface area contributed by atoms with E-state index in [9.17, 15) is 9.59 Å². The second-order valence-corrected chi connectivity index (χ2v) is 12.3. The Morgan fingerprint density at radius 1 is 1.12 bits per heavy atom. The van der Waals surface area contributed by atoms with E-state index in [0.717, 1.165) is 35.4 Å². The highest BCUT2D eigenvalue weighted by Gasteiger charge is 2.57. The lowest BCUT2D eigenvalue weighted by atomic mass is 9.64. The first-order valence-electron chi connectivity index (χ1n) is 13.7. The maximum atomic E-state index is 14.1. The van der Waals surface area contributed by atoms with Crippen molar-refractivity contribution in [3.63, 3.8) is 0 Å². The van der Waals surface area contributed by atoms with Crippen molar-refractivity contribution in [2.45, 2.75) is 53.5 Å². The number of nitrogen functional groups attached to an aromatic ring is 1. The Hall–Kier alpha value is -3.37. The fourth-order valence-electron chi connectivity index (χ4n) is 6.52. The number of likely N-dealkylation sites (tertiary alicyclic amines) is 1. The zero-order chi connectivity index (χ0) is 28.2. The van der Waals surface area contributed by atoms with Gasteiger partial charge >= 0.3 is 0 Å². The zero-order valence-electron chi connectivity index (χ0n) is 22.7. The van der Waals surface area contributed by atoms with Gasteiger partial charge in [0.05, 0.1) is 11.3 Å². The molecule has 1 amide bonds. The molecule has 6 rings (SSSR count). The van der Waals surface area contributed by atoms with Crippen LogP contribution in [0, 0.1) is 6.92 Å². The molecular formula is C31H35N5O3S. The van der Waals surface area contributed by atoms with Crippen LogP contribution >= 0.6 is 11.8 Å². The van der Waals surface area contributed by atoms with Crippen LogP contribution in [0.25, 0.3) is 0 Å². The van der Waals surface area contributed by atoms with Crippen LogP contribution in [0.5, 0.6) is 11.5 Å². The highest BCUT2D eigenvalue weighted by Crippen LogP contribution is 2.56. The monoisotopic (exact) mass is 557 g/mol. The quantitative estimate of drug-likeness (QED) is 0.339. The first kappa shape index (κ1) is 26.8. The standard InChI is InChI=1S/C31H35N5O3S/c1-17-15-20(39-19-8-4-3-5-9-19)10-11-21(17)31(34)22-12-13-23(32)27-24(22)25(26(33)29(31)37)28(40-27)30(38)35-16-18-7-6-14-36(18)2/h3-5,8-13,15,18,25-26,28H,6-7,14,16,32-34H2,1-2H3,(H,35,38). The molecule has 3 aromatic rings. The van der Waals surface area contributed by atoms with Crippen LogP contribution < -0.4 is 27.3 Å². The van der Waals surface area contributed by atoms with Crippen molar-refractivity contribution in [1.29, 1.82) is 0 Å². The molecule has 2 aliphatic heterocycles. The summed E-state index contributed by atoms with van der Waals surface area (Å²) < 4.78 is 6.00. The molecule has 1 fully saturated rings. The highest BCUT2D eigenvalue weighted by atomic mass is 32.2. The summed E-state index contributed by atoms with van der Waals surface area (Å²) in [6.07, 6.45) is 2.18. The van der Waals surface area contributed by atoms with Crippen molar-refractivity contribution in [3.8, 4) is 11.5 Å². The maximum Gasteiger partial charge on any atom is 0.234 e. The highest BCUT2D eigenvalue weighted by molar-refractivity contribution is 8.01. The predicted octanol–water partition coefficient (Wildman–Crippen LogP) is 3.25. The van der Waals surface area contributed by atoms with Crippen LogP contribution in [-0.2, 0) is 15.1 Å². The number of nitrogens with two attached hydrogens (primary N) is 3. The molecule has 2 heterocycles. The van der Waals surface area contributed by atoms with Gasteiger partial charge in [-0.25, -0.2) is 0 Å². The topological polar surface area (TPSA) is 137 Å². The number of anilines is 1. The number of hydrogen-bond donors (Lipinski definition) is 4. The molecule has 0 bridgehead atoms. The van der Waals surface area contributed by atoms with Gasteiger partial charge in [-0.2, -0.15) is 0 Å². The van der Waals surface area contributed by atoms with Crippen molar-refractivity contribution >= 4 is 29.1 Å². The second kappa shape index (κ2) is 10.2. The molecular weight excluding hydrogens is 522 g/mol. The van der Waals surface area contributed by atoms with Crippen LogP contribution in [0.15, 0.2) is 65.6 Å². The Balaban J connectivity index is 1.34. The number of rotatable bonds is 6. The molecule has 208 valence electrons. The average molecular weight is 558 g/mol. The number of carbonyl (C=O) groups excluding carboxylic acids is 2. The van der Waals surface area contributed by atoms with Gasteiger partial charge in [0, 0.05) is 29.1 Å². The normalized spacial score (nSPS) is 27.4. The van der Waals surface area contributed by atoms with Crippen molar-refractivity contribution in [3.05, 3.63) is 82.9 Å². The third-order valence-electron chi connectivity index (χ3n) is 8.68. The number of likely N-dealkylation sites (N-methyl/N-ethyl adjacent to an activating group) is 1. The number of ketones is 1. The Bertz CT molecular complexity index is 1480. The largest absolute Gasteiger partial charge is 0.457 e. The van der Waals surface area contributed by atoms with Crippen LogP contribution in [0.3, 0.4) is 0 Å².